The Balaban J connectivity index is 2.23. The van der Waals surface area contributed by atoms with Crippen LogP contribution in [0.25, 0.3) is 0 Å². The maximum absolute atomic E-state index is 4.11. The molecule has 0 spiro atoms. The molecule has 3 heteroatoms. The van der Waals surface area contributed by atoms with Crippen LogP contribution >= 0.6 is 0 Å². The first-order valence-electron chi connectivity index (χ1n) is 3.87. The smallest absolute Gasteiger partial charge is 0.0841 e. The Morgan fingerprint density at radius 1 is 1.50 bits per heavy atom. The third kappa shape index (κ3) is 0.662. The normalized spacial score (nSPS) is 35.0. The van der Waals surface area contributed by atoms with Crippen LogP contribution in [0.5, 0.6) is 0 Å². The van der Waals surface area contributed by atoms with E-state index in [9.17, 15) is 0 Å². The lowest BCUT2D eigenvalue weighted by molar-refractivity contribution is 0.155. The summed E-state index contributed by atoms with van der Waals surface area (Å²) in [7, 11) is 0. The van der Waals surface area contributed by atoms with Gasteiger partial charge in [0.2, 0.25) is 0 Å². The largest absolute Gasteiger partial charge is 0.268 e. The Bertz CT molecular complexity index is 174. The summed E-state index contributed by atoms with van der Waals surface area (Å²) in [4.78, 5) is 0. The summed E-state index contributed by atoms with van der Waals surface area (Å²) in [6.45, 7) is 5.39. The standard InChI is InChI=1S/C7H13N3/c1-7(2)4-3-6-5-8-9-10(6)7/h6H,3-5H2,1-2H3. The second-order valence-electron chi connectivity index (χ2n) is 3.76. The first kappa shape index (κ1) is 6.13. The fourth-order valence-corrected chi connectivity index (χ4v) is 1.81. The summed E-state index contributed by atoms with van der Waals surface area (Å²) < 4.78 is 0. The highest BCUT2D eigenvalue weighted by atomic mass is 15.6. The first-order chi connectivity index (χ1) is 4.70. The molecule has 0 aromatic carbocycles. The van der Waals surface area contributed by atoms with Gasteiger partial charge in [-0.1, -0.05) is 5.22 Å². The molecule has 1 unspecified atom stereocenters. The van der Waals surface area contributed by atoms with Crippen molar-refractivity contribution in [1.29, 1.82) is 0 Å². The van der Waals surface area contributed by atoms with Gasteiger partial charge >= 0.3 is 0 Å². The first-order valence-corrected chi connectivity index (χ1v) is 3.87. The van der Waals surface area contributed by atoms with Crippen LogP contribution in [0.4, 0.5) is 0 Å². The zero-order valence-electron chi connectivity index (χ0n) is 6.54. The van der Waals surface area contributed by atoms with Crippen molar-refractivity contribution in [1.82, 2.24) is 5.01 Å². The van der Waals surface area contributed by atoms with Crippen molar-refractivity contribution in [2.75, 3.05) is 6.54 Å². The summed E-state index contributed by atoms with van der Waals surface area (Å²) >= 11 is 0. The molecule has 10 heavy (non-hydrogen) atoms. The van der Waals surface area contributed by atoms with Gasteiger partial charge in [-0.25, -0.2) is 0 Å². The second kappa shape index (κ2) is 1.71. The highest BCUT2D eigenvalue weighted by molar-refractivity contribution is 4.94. The number of rotatable bonds is 0. The molecule has 2 rings (SSSR count). The van der Waals surface area contributed by atoms with Gasteiger partial charge in [0, 0.05) is 0 Å². The molecule has 3 nitrogen and oxygen atoms in total. The molecule has 0 aromatic rings. The molecule has 0 saturated carbocycles. The highest BCUT2D eigenvalue weighted by Gasteiger charge is 2.41. The van der Waals surface area contributed by atoms with Crippen molar-refractivity contribution in [3.8, 4) is 0 Å². The number of nitrogens with zero attached hydrogens (tertiary/aromatic N) is 3. The Morgan fingerprint density at radius 2 is 2.30 bits per heavy atom. The number of hydrogen-bond donors (Lipinski definition) is 0. The average molecular weight is 139 g/mol. The monoisotopic (exact) mass is 139 g/mol. The van der Waals surface area contributed by atoms with Gasteiger partial charge in [-0.2, -0.15) is 5.11 Å². The van der Waals surface area contributed by atoms with Gasteiger partial charge in [-0.15, -0.1) is 0 Å². The summed E-state index contributed by atoms with van der Waals surface area (Å²) in [5.41, 5.74) is 0.269. The SMILES string of the molecule is CC1(C)CCC2CN=NN21. The average Bonchev–Trinajstić information content (AvgIpc) is 2.36. The Morgan fingerprint density at radius 3 is 3.00 bits per heavy atom. The van der Waals surface area contributed by atoms with E-state index in [0.29, 0.717) is 6.04 Å². The summed E-state index contributed by atoms with van der Waals surface area (Å²) in [6, 6.07) is 0.620. The van der Waals surface area contributed by atoms with E-state index >= 15 is 0 Å². The fourth-order valence-electron chi connectivity index (χ4n) is 1.81. The van der Waals surface area contributed by atoms with Gasteiger partial charge in [-0.3, -0.25) is 5.01 Å². The van der Waals surface area contributed by atoms with E-state index in [4.69, 9.17) is 0 Å². The quantitative estimate of drug-likeness (QED) is 0.501. The van der Waals surface area contributed by atoms with Crippen LogP contribution in [0.1, 0.15) is 26.7 Å². The molecule has 0 aliphatic carbocycles. The van der Waals surface area contributed by atoms with Crippen molar-refractivity contribution in [2.45, 2.75) is 38.3 Å². The summed E-state index contributed by atoms with van der Waals surface area (Å²) in [6.07, 6.45) is 2.52. The van der Waals surface area contributed by atoms with Gasteiger partial charge in [0.05, 0.1) is 18.1 Å². The van der Waals surface area contributed by atoms with E-state index in [-0.39, 0.29) is 5.54 Å². The predicted octanol–water partition coefficient (Wildman–Crippen LogP) is 1.61. The Hall–Kier alpha value is -0.600. The van der Waals surface area contributed by atoms with Gasteiger partial charge in [0.1, 0.15) is 0 Å². The van der Waals surface area contributed by atoms with Crippen LogP contribution in [0.15, 0.2) is 10.3 Å². The fraction of sp³-hybridized carbons (Fsp3) is 1.00. The minimum absolute atomic E-state index is 0.269. The maximum Gasteiger partial charge on any atom is 0.0841 e. The zero-order valence-corrected chi connectivity index (χ0v) is 6.54. The lowest BCUT2D eigenvalue weighted by Crippen LogP contribution is -2.36. The topological polar surface area (TPSA) is 28.0 Å². The maximum atomic E-state index is 4.11. The third-order valence-corrected chi connectivity index (χ3v) is 2.51. The third-order valence-electron chi connectivity index (χ3n) is 2.51. The minimum Gasteiger partial charge on any atom is -0.268 e. The van der Waals surface area contributed by atoms with E-state index in [1.165, 1.54) is 12.8 Å². The molecule has 0 N–H and O–H groups in total. The summed E-state index contributed by atoms with van der Waals surface area (Å²) in [5.74, 6) is 0. The van der Waals surface area contributed by atoms with E-state index in [1.807, 2.05) is 0 Å². The Labute approximate surface area is 61.1 Å². The number of hydrogen-bond acceptors (Lipinski definition) is 3. The van der Waals surface area contributed by atoms with Crippen LogP contribution in [0, 0.1) is 0 Å². The second-order valence-corrected chi connectivity index (χ2v) is 3.76. The van der Waals surface area contributed by atoms with Gasteiger partial charge < -0.3 is 0 Å². The van der Waals surface area contributed by atoms with Crippen molar-refractivity contribution in [2.24, 2.45) is 10.3 Å². The van der Waals surface area contributed by atoms with Crippen molar-refractivity contribution in [3.05, 3.63) is 0 Å². The van der Waals surface area contributed by atoms with Crippen molar-refractivity contribution in [3.63, 3.8) is 0 Å². The lowest BCUT2D eigenvalue weighted by Gasteiger charge is -2.27. The molecule has 1 fully saturated rings. The van der Waals surface area contributed by atoms with E-state index in [0.717, 1.165) is 6.54 Å². The Kier molecular flexibility index (Phi) is 1.05. The molecule has 2 aliphatic rings. The minimum atomic E-state index is 0.269. The van der Waals surface area contributed by atoms with Crippen LogP contribution < -0.4 is 0 Å². The van der Waals surface area contributed by atoms with Crippen LogP contribution in [-0.2, 0) is 0 Å². The van der Waals surface area contributed by atoms with Crippen LogP contribution in [-0.4, -0.2) is 23.1 Å². The molecule has 2 heterocycles. The molecule has 2 aliphatic heterocycles. The lowest BCUT2D eigenvalue weighted by atomic mass is 10.0. The van der Waals surface area contributed by atoms with Crippen LogP contribution in [0.2, 0.25) is 0 Å². The molecule has 1 saturated heterocycles. The zero-order chi connectivity index (χ0) is 7.19. The van der Waals surface area contributed by atoms with Gasteiger partial charge in [0.25, 0.3) is 0 Å². The molecule has 0 radical (unpaired) electrons. The molecule has 0 bridgehead atoms. The van der Waals surface area contributed by atoms with E-state index in [2.05, 4.69) is 29.2 Å². The van der Waals surface area contributed by atoms with E-state index in [1.54, 1.807) is 0 Å². The van der Waals surface area contributed by atoms with Crippen LogP contribution in [0.3, 0.4) is 0 Å². The van der Waals surface area contributed by atoms with Gasteiger partial charge in [-0.05, 0) is 26.7 Å². The summed E-state index contributed by atoms with van der Waals surface area (Å²) in [5, 5.41) is 10.3. The van der Waals surface area contributed by atoms with E-state index < -0.39 is 0 Å². The molecule has 0 amide bonds. The molecular weight excluding hydrogens is 126 g/mol. The van der Waals surface area contributed by atoms with Gasteiger partial charge in [0.15, 0.2) is 0 Å². The predicted molar refractivity (Wildman–Crippen MR) is 38.7 cm³/mol. The molecule has 56 valence electrons. The number of fused-ring (bicyclic) bond motifs is 1. The highest BCUT2D eigenvalue weighted by Crippen LogP contribution is 2.36. The molecule has 1 atom stereocenters. The van der Waals surface area contributed by atoms with Crippen molar-refractivity contribution >= 4 is 0 Å². The molecule has 0 aromatic heterocycles. The molecular formula is C7H13N3. The van der Waals surface area contributed by atoms with Crippen molar-refractivity contribution < 1.29 is 0 Å².